The number of aromatic nitrogens is 2. The van der Waals surface area contributed by atoms with Crippen LogP contribution < -0.4 is 5.32 Å². The van der Waals surface area contributed by atoms with Crippen LogP contribution in [0.25, 0.3) is 0 Å². The van der Waals surface area contributed by atoms with Gasteiger partial charge in [0.25, 0.3) is 5.91 Å². The minimum atomic E-state index is -0.712. The lowest BCUT2D eigenvalue weighted by Crippen LogP contribution is -2.26. The molecular formula is C19H26N4O2. The molecule has 6 nitrogen and oxygen atoms in total. The van der Waals surface area contributed by atoms with Crippen LogP contribution in [0.4, 0.5) is 5.95 Å². The Hall–Kier alpha value is -2.47. The van der Waals surface area contributed by atoms with Gasteiger partial charge >= 0.3 is 0 Å². The smallest absolute Gasteiger partial charge is 0.253 e. The van der Waals surface area contributed by atoms with E-state index in [-0.39, 0.29) is 5.91 Å². The van der Waals surface area contributed by atoms with E-state index >= 15 is 0 Å². The zero-order chi connectivity index (χ0) is 18.4. The molecule has 0 aliphatic carbocycles. The van der Waals surface area contributed by atoms with E-state index in [2.05, 4.69) is 15.3 Å². The van der Waals surface area contributed by atoms with Crippen molar-refractivity contribution in [1.82, 2.24) is 14.9 Å². The third kappa shape index (κ3) is 5.83. The zero-order valence-electron chi connectivity index (χ0n) is 15.3. The molecule has 0 spiro atoms. The first kappa shape index (κ1) is 18.9. The van der Waals surface area contributed by atoms with Gasteiger partial charge < -0.3 is 15.3 Å². The molecule has 0 aliphatic rings. The lowest BCUT2D eigenvalue weighted by atomic mass is 9.98. The molecular weight excluding hydrogens is 316 g/mol. The van der Waals surface area contributed by atoms with Gasteiger partial charge in [0, 0.05) is 44.2 Å². The zero-order valence-corrected chi connectivity index (χ0v) is 15.3. The number of aryl methyl sites for hydroxylation is 1. The van der Waals surface area contributed by atoms with Crippen molar-refractivity contribution in [2.75, 3.05) is 19.4 Å². The molecule has 1 heterocycles. The second-order valence-electron chi connectivity index (χ2n) is 6.84. The number of hydrogen-bond donors (Lipinski definition) is 2. The molecule has 2 rings (SSSR count). The number of benzene rings is 1. The number of carbonyl (C=O) groups is 1. The highest BCUT2D eigenvalue weighted by atomic mass is 16.3. The highest BCUT2D eigenvalue weighted by molar-refractivity contribution is 5.94. The number of rotatable bonds is 7. The molecule has 25 heavy (non-hydrogen) atoms. The average Bonchev–Trinajstić information content (AvgIpc) is 2.59. The summed E-state index contributed by atoms with van der Waals surface area (Å²) in [6, 6.07) is 7.57. The Balaban J connectivity index is 2.03. The molecule has 0 atom stereocenters. The van der Waals surface area contributed by atoms with Crippen molar-refractivity contribution in [2.24, 2.45) is 0 Å². The van der Waals surface area contributed by atoms with Crippen LogP contribution in [0.5, 0.6) is 0 Å². The summed E-state index contributed by atoms with van der Waals surface area (Å²) in [4.78, 5) is 22.6. The number of nitrogens with zero attached hydrogens (tertiary/aromatic N) is 3. The fourth-order valence-corrected chi connectivity index (χ4v) is 2.44. The molecule has 2 N–H and O–H groups in total. The van der Waals surface area contributed by atoms with E-state index in [1.54, 1.807) is 45.2 Å². The number of amides is 1. The van der Waals surface area contributed by atoms with E-state index in [4.69, 9.17) is 0 Å². The highest BCUT2D eigenvalue weighted by Gasteiger charge is 2.15. The SMILES string of the molecule is CNc1ncc(CN(C)C(=O)c2cccc(CCC(C)(C)O)c2)cn1. The largest absolute Gasteiger partial charge is 0.390 e. The Kier molecular flexibility index (Phi) is 6.09. The number of aliphatic hydroxyl groups is 1. The van der Waals surface area contributed by atoms with Gasteiger partial charge in [-0.05, 0) is 44.4 Å². The number of carbonyl (C=O) groups excluding carboxylic acids is 1. The summed E-state index contributed by atoms with van der Waals surface area (Å²) >= 11 is 0. The second-order valence-corrected chi connectivity index (χ2v) is 6.84. The topological polar surface area (TPSA) is 78.4 Å². The van der Waals surface area contributed by atoms with Crippen molar-refractivity contribution in [3.05, 3.63) is 53.3 Å². The Morgan fingerprint density at radius 1 is 1.24 bits per heavy atom. The monoisotopic (exact) mass is 342 g/mol. The normalized spacial score (nSPS) is 11.2. The number of hydrogen-bond acceptors (Lipinski definition) is 5. The number of anilines is 1. The first-order chi connectivity index (χ1) is 11.8. The summed E-state index contributed by atoms with van der Waals surface area (Å²) in [7, 11) is 3.52. The molecule has 0 unspecified atom stereocenters. The molecule has 1 amide bonds. The van der Waals surface area contributed by atoms with Crippen molar-refractivity contribution in [3.8, 4) is 0 Å². The van der Waals surface area contributed by atoms with Crippen LogP contribution in [-0.4, -0.2) is 45.6 Å². The van der Waals surface area contributed by atoms with Gasteiger partial charge in [-0.15, -0.1) is 0 Å². The average molecular weight is 342 g/mol. The van der Waals surface area contributed by atoms with Gasteiger partial charge in [0.15, 0.2) is 0 Å². The predicted molar refractivity (Wildman–Crippen MR) is 98.4 cm³/mol. The van der Waals surface area contributed by atoms with Crippen molar-refractivity contribution in [1.29, 1.82) is 0 Å². The van der Waals surface area contributed by atoms with Crippen molar-refractivity contribution < 1.29 is 9.90 Å². The molecule has 1 aromatic carbocycles. The molecule has 0 fully saturated rings. The lowest BCUT2D eigenvalue weighted by molar-refractivity contribution is 0.0714. The van der Waals surface area contributed by atoms with Crippen molar-refractivity contribution in [3.63, 3.8) is 0 Å². The Labute approximate surface area is 148 Å². The summed E-state index contributed by atoms with van der Waals surface area (Å²) < 4.78 is 0. The predicted octanol–water partition coefficient (Wildman–Crippen LogP) is 2.49. The van der Waals surface area contributed by atoms with E-state index in [0.29, 0.717) is 24.5 Å². The summed E-state index contributed by atoms with van der Waals surface area (Å²) in [6.07, 6.45) is 4.80. The maximum Gasteiger partial charge on any atom is 0.253 e. The lowest BCUT2D eigenvalue weighted by Gasteiger charge is -2.19. The maximum atomic E-state index is 12.6. The summed E-state index contributed by atoms with van der Waals surface area (Å²) in [5.41, 5.74) is 1.84. The van der Waals surface area contributed by atoms with Crippen LogP contribution >= 0.6 is 0 Å². The molecule has 6 heteroatoms. The van der Waals surface area contributed by atoms with E-state index in [1.807, 2.05) is 24.3 Å². The molecule has 1 aromatic heterocycles. The van der Waals surface area contributed by atoms with E-state index < -0.39 is 5.60 Å². The van der Waals surface area contributed by atoms with Gasteiger partial charge in [-0.3, -0.25) is 4.79 Å². The molecule has 0 radical (unpaired) electrons. The van der Waals surface area contributed by atoms with E-state index in [0.717, 1.165) is 17.5 Å². The number of nitrogens with one attached hydrogen (secondary N) is 1. The van der Waals surface area contributed by atoms with Crippen LogP contribution in [0.3, 0.4) is 0 Å². The molecule has 0 saturated carbocycles. The minimum Gasteiger partial charge on any atom is -0.390 e. The second kappa shape index (κ2) is 8.07. The Morgan fingerprint density at radius 2 is 1.92 bits per heavy atom. The van der Waals surface area contributed by atoms with Crippen LogP contribution in [0.1, 0.15) is 41.8 Å². The Morgan fingerprint density at radius 3 is 2.52 bits per heavy atom. The fraction of sp³-hybridized carbons (Fsp3) is 0.421. The van der Waals surface area contributed by atoms with Gasteiger partial charge in [0.1, 0.15) is 0 Å². The van der Waals surface area contributed by atoms with E-state index in [9.17, 15) is 9.90 Å². The standard InChI is InChI=1S/C19H26N4O2/c1-19(2,25)9-8-14-6-5-7-16(10-14)17(24)23(4)13-15-11-21-18(20-3)22-12-15/h5-7,10-12,25H,8-9,13H2,1-4H3,(H,20,21,22). The third-order valence-corrected chi connectivity index (χ3v) is 3.89. The quantitative estimate of drug-likeness (QED) is 0.808. The maximum absolute atomic E-state index is 12.6. The van der Waals surface area contributed by atoms with Crippen LogP contribution in [-0.2, 0) is 13.0 Å². The van der Waals surface area contributed by atoms with Gasteiger partial charge in [-0.1, -0.05) is 12.1 Å². The summed E-state index contributed by atoms with van der Waals surface area (Å²) in [6.45, 7) is 4.02. The third-order valence-electron chi connectivity index (χ3n) is 3.89. The summed E-state index contributed by atoms with van der Waals surface area (Å²) in [5, 5.41) is 12.7. The molecule has 0 aliphatic heterocycles. The Bertz CT molecular complexity index is 708. The van der Waals surface area contributed by atoms with Gasteiger partial charge in [0.05, 0.1) is 5.60 Å². The van der Waals surface area contributed by atoms with Crippen molar-refractivity contribution >= 4 is 11.9 Å². The van der Waals surface area contributed by atoms with Crippen LogP contribution in [0.15, 0.2) is 36.7 Å². The molecule has 2 aromatic rings. The van der Waals surface area contributed by atoms with Crippen LogP contribution in [0.2, 0.25) is 0 Å². The first-order valence-electron chi connectivity index (χ1n) is 8.34. The van der Waals surface area contributed by atoms with Crippen molar-refractivity contribution in [2.45, 2.75) is 38.8 Å². The highest BCUT2D eigenvalue weighted by Crippen LogP contribution is 2.15. The van der Waals surface area contributed by atoms with E-state index in [1.165, 1.54) is 0 Å². The molecule has 0 saturated heterocycles. The van der Waals surface area contributed by atoms with Gasteiger partial charge in [-0.2, -0.15) is 0 Å². The van der Waals surface area contributed by atoms with Gasteiger partial charge in [-0.25, -0.2) is 9.97 Å². The fourth-order valence-electron chi connectivity index (χ4n) is 2.44. The first-order valence-corrected chi connectivity index (χ1v) is 8.34. The van der Waals surface area contributed by atoms with Gasteiger partial charge in [0.2, 0.25) is 5.95 Å². The molecule has 0 bridgehead atoms. The summed E-state index contributed by atoms with van der Waals surface area (Å²) in [5.74, 6) is 0.500. The minimum absolute atomic E-state index is 0.0530. The molecule has 134 valence electrons. The van der Waals surface area contributed by atoms with Crippen LogP contribution in [0, 0.1) is 0 Å².